The van der Waals surface area contributed by atoms with E-state index in [1.807, 2.05) is 11.8 Å². The fourth-order valence-electron chi connectivity index (χ4n) is 1.95. The SMILES string of the molecule is CS[C@H]1CC[C@@H](NCCS(C)(=O)=O)CC1. The minimum Gasteiger partial charge on any atom is -0.313 e. The molecular formula is C10H21NO2S2. The highest BCUT2D eigenvalue weighted by atomic mass is 32.2. The first-order valence-corrected chi connectivity index (χ1v) is 8.80. The van der Waals surface area contributed by atoms with Gasteiger partial charge in [-0.05, 0) is 31.9 Å². The molecule has 5 heteroatoms. The van der Waals surface area contributed by atoms with Crippen LogP contribution in [0.15, 0.2) is 0 Å². The summed E-state index contributed by atoms with van der Waals surface area (Å²) in [6.07, 6.45) is 8.36. The molecule has 0 unspecified atom stereocenters. The number of sulfone groups is 1. The van der Waals surface area contributed by atoms with Crippen molar-refractivity contribution in [3.8, 4) is 0 Å². The highest BCUT2D eigenvalue weighted by molar-refractivity contribution is 7.99. The van der Waals surface area contributed by atoms with Crippen molar-refractivity contribution < 1.29 is 8.42 Å². The minimum atomic E-state index is -2.81. The molecule has 0 heterocycles. The van der Waals surface area contributed by atoms with Gasteiger partial charge in [0.15, 0.2) is 0 Å². The van der Waals surface area contributed by atoms with E-state index in [2.05, 4.69) is 11.6 Å². The summed E-state index contributed by atoms with van der Waals surface area (Å²) in [5, 5.41) is 4.15. The predicted molar refractivity (Wildman–Crippen MR) is 67.3 cm³/mol. The number of hydrogen-bond donors (Lipinski definition) is 1. The van der Waals surface area contributed by atoms with E-state index < -0.39 is 9.84 Å². The average Bonchev–Trinajstić information content (AvgIpc) is 2.17. The molecule has 0 aromatic rings. The van der Waals surface area contributed by atoms with Gasteiger partial charge in [0.2, 0.25) is 0 Å². The summed E-state index contributed by atoms with van der Waals surface area (Å²) in [5.74, 6) is 0.259. The molecule has 0 aliphatic heterocycles. The van der Waals surface area contributed by atoms with Gasteiger partial charge in [0.25, 0.3) is 0 Å². The van der Waals surface area contributed by atoms with Crippen LogP contribution < -0.4 is 5.32 Å². The van der Waals surface area contributed by atoms with Gasteiger partial charge >= 0.3 is 0 Å². The topological polar surface area (TPSA) is 46.2 Å². The minimum absolute atomic E-state index is 0.259. The van der Waals surface area contributed by atoms with Crippen LogP contribution in [0.25, 0.3) is 0 Å². The molecule has 0 bridgehead atoms. The lowest BCUT2D eigenvalue weighted by molar-refractivity contribution is 0.387. The first kappa shape index (κ1) is 13.3. The van der Waals surface area contributed by atoms with E-state index in [9.17, 15) is 8.42 Å². The van der Waals surface area contributed by atoms with E-state index in [1.165, 1.54) is 31.9 Å². The molecule has 1 N–H and O–H groups in total. The molecule has 0 aromatic heterocycles. The average molecular weight is 251 g/mol. The lowest BCUT2D eigenvalue weighted by Crippen LogP contribution is -2.36. The van der Waals surface area contributed by atoms with Crippen LogP contribution in [0, 0.1) is 0 Å². The van der Waals surface area contributed by atoms with Gasteiger partial charge in [0.1, 0.15) is 9.84 Å². The molecule has 1 saturated carbocycles. The van der Waals surface area contributed by atoms with Crippen molar-refractivity contribution >= 4 is 21.6 Å². The third-order valence-corrected chi connectivity index (χ3v) is 5.00. The second-order valence-corrected chi connectivity index (χ2v) is 7.69. The van der Waals surface area contributed by atoms with E-state index >= 15 is 0 Å². The Morgan fingerprint density at radius 3 is 2.33 bits per heavy atom. The third-order valence-electron chi connectivity index (χ3n) is 2.91. The molecule has 1 aliphatic rings. The zero-order valence-corrected chi connectivity index (χ0v) is 11.2. The number of hydrogen-bond acceptors (Lipinski definition) is 4. The normalized spacial score (nSPS) is 27.9. The van der Waals surface area contributed by atoms with Gasteiger partial charge in [-0.25, -0.2) is 8.42 Å². The summed E-state index contributed by atoms with van der Waals surface area (Å²) in [6, 6.07) is 0.537. The van der Waals surface area contributed by atoms with Crippen molar-refractivity contribution in [1.29, 1.82) is 0 Å². The molecule has 1 aliphatic carbocycles. The van der Waals surface area contributed by atoms with Crippen LogP contribution in [-0.4, -0.2) is 44.5 Å². The first-order chi connectivity index (χ1) is 7.01. The fraction of sp³-hybridized carbons (Fsp3) is 1.00. The van der Waals surface area contributed by atoms with Crippen molar-refractivity contribution in [3.05, 3.63) is 0 Å². The van der Waals surface area contributed by atoms with Gasteiger partial charge in [0.05, 0.1) is 5.75 Å². The monoisotopic (exact) mass is 251 g/mol. The van der Waals surface area contributed by atoms with Crippen molar-refractivity contribution in [2.75, 3.05) is 24.8 Å². The molecule has 0 atom stereocenters. The lowest BCUT2D eigenvalue weighted by atomic mass is 9.95. The van der Waals surface area contributed by atoms with Crippen LogP contribution in [0.5, 0.6) is 0 Å². The summed E-state index contributed by atoms with van der Waals surface area (Å²) in [7, 11) is -2.81. The van der Waals surface area contributed by atoms with Crippen LogP contribution in [-0.2, 0) is 9.84 Å². The van der Waals surface area contributed by atoms with Crippen molar-refractivity contribution in [3.63, 3.8) is 0 Å². The summed E-state index contributed by atoms with van der Waals surface area (Å²) >= 11 is 1.95. The van der Waals surface area contributed by atoms with Crippen LogP contribution >= 0.6 is 11.8 Å². The Hall–Kier alpha value is 0.260. The van der Waals surface area contributed by atoms with Crippen molar-refractivity contribution in [2.45, 2.75) is 37.0 Å². The van der Waals surface area contributed by atoms with Gasteiger partial charge in [-0.3, -0.25) is 0 Å². The predicted octanol–water partition coefficient (Wildman–Crippen LogP) is 1.29. The zero-order chi connectivity index (χ0) is 11.3. The molecule has 0 amide bonds. The van der Waals surface area contributed by atoms with Crippen LogP contribution in [0.3, 0.4) is 0 Å². The Bertz CT molecular complexity index is 269. The van der Waals surface area contributed by atoms with E-state index in [4.69, 9.17) is 0 Å². The number of rotatable bonds is 5. The maximum atomic E-state index is 10.9. The van der Waals surface area contributed by atoms with Gasteiger partial charge in [-0.2, -0.15) is 11.8 Å². The smallest absolute Gasteiger partial charge is 0.148 e. The molecule has 1 rings (SSSR count). The molecule has 15 heavy (non-hydrogen) atoms. The summed E-state index contributed by atoms with van der Waals surface area (Å²) in [5.41, 5.74) is 0. The van der Waals surface area contributed by atoms with Crippen molar-refractivity contribution in [1.82, 2.24) is 5.32 Å². The van der Waals surface area contributed by atoms with Crippen LogP contribution in [0.2, 0.25) is 0 Å². The number of thioether (sulfide) groups is 1. The van der Waals surface area contributed by atoms with E-state index in [0.717, 1.165) is 5.25 Å². The first-order valence-electron chi connectivity index (χ1n) is 5.45. The van der Waals surface area contributed by atoms with Crippen LogP contribution in [0.1, 0.15) is 25.7 Å². The maximum absolute atomic E-state index is 10.9. The largest absolute Gasteiger partial charge is 0.313 e. The standard InChI is InChI=1S/C10H21NO2S2/c1-14-10-5-3-9(4-6-10)11-7-8-15(2,12)13/h9-11H,3-8H2,1-2H3/t9-,10+. The van der Waals surface area contributed by atoms with Gasteiger partial charge in [-0.15, -0.1) is 0 Å². The van der Waals surface area contributed by atoms with Crippen LogP contribution in [0.4, 0.5) is 0 Å². The Balaban J connectivity index is 2.14. The lowest BCUT2D eigenvalue weighted by Gasteiger charge is -2.28. The molecule has 1 fully saturated rings. The van der Waals surface area contributed by atoms with E-state index in [-0.39, 0.29) is 5.75 Å². The second kappa shape index (κ2) is 6.11. The zero-order valence-electron chi connectivity index (χ0n) is 9.53. The molecule has 0 radical (unpaired) electrons. The number of nitrogens with one attached hydrogen (secondary N) is 1. The third kappa shape index (κ3) is 5.78. The summed E-state index contributed by atoms with van der Waals surface area (Å²) in [6.45, 7) is 0.605. The maximum Gasteiger partial charge on any atom is 0.148 e. The molecule has 0 aromatic carbocycles. The van der Waals surface area contributed by atoms with Crippen molar-refractivity contribution in [2.24, 2.45) is 0 Å². The quantitative estimate of drug-likeness (QED) is 0.800. The van der Waals surface area contributed by atoms with Gasteiger partial charge in [0, 0.05) is 24.1 Å². The highest BCUT2D eigenvalue weighted by Crippen LogP contribution is 2.26. The highest BCUT2D eigenvalue weighted by Gasteiger charge is 2.19. The van der Waals surface area contributed by atoms with Gasteiger partial charge in [-0.1, -0.05) is 0 Å². The van der Waals surface area contributed by atoms with E-state index in [0.29, 0.717) is 12.6 Å². The second-order valence-electron chi connectivity index (χ2n) is 4.29. The summed E-state index contributed by atoms with van der Waals surface area (Å²) < 4.78 is 21.9. The molecule has 3 nitrogen and oxygen atoms in total. The molecule has 90 valence electrons. The molecule has 0 spiro atoms. The Morgan fingerprint density at radius 2 is 1.87 bits per heavy atom. The Morgan fingerprint density at radius 1 is 1.27 bits per heavy atom. The molecular weight excluding hydrogens is 230 g/mol. The molecule has 0 saturated heterocycles. The Labute approximate surface area is 97.3 Å². The summed E-state index contributed by atoms with van der Waals surface area (Å²) in [4.78, 5) is 0. The van der Waals surface area contributed by atoms with Gasteiger partial charge < -0.3 is 5.32 Å². The Kier molecular flexibility index (Phi) is 5.43. The van der Waals surface area contributed by atoms with E-state index in [1.54, 1.807) is 0 Å². The fourth-order valence-corrected chi connectivity index (χ4v) is 3.18.